The van der Waals surface area contributed by atoms with Crippen LogP contribution in [0.1, 0.15) is 6.92 Å². The van der Waals surface area contributed by atoms with Crippen molar-refractivity contribution in [2.45, 2.75) is 6.92 Å². The summed E-state index contributed by atoms with van der Waals surface area (Å²) < 4.78 is 10.7. The van der Waals surface area contributed by atoms with E-state index < -0.39 is 5.63 Å². The molecule has 0 radical (unpaired) electrons. The standard InChI is InChI=1S/C17H20N2O4/c1-2-18-7-9-19(10-8-18)16(20)12-22-14-5-3-13-4-6-17(21)23-15(13)11-14/h3-6,11H,2,7-10,12H2,1H3. The number of nitrogens with zero attached hydrogens (tertiary/aromatic N) is 2. The highest BCUT2D eigenvalue weighted by Gasteiger charge is 2.20. The largest absolute Gasteiger partial charge is 0.484 e. The lowest BCUT2D eigenvalue weighted by molar-refractivity contribution is -0.135. The summed E-state index contributed by atoms with van der Waals surface area (Å²) in [6, 6.07) is 8.29. The Kier molecular flexibility index (Phi) is 4.62. The molecule has 122 valence electrons. The first-order chi connectivity index (χ1) is 11.2. The monoisotopic (exact) mass is 316 g/mol. The van der Waals surface area contributed by atoms with Crippen molar-refractivity contribution in [3.05, 3.63) is 40.8 Å². The maximum Gasteiger partial charge on any atom is 0.336 e. The minimum atomic E-state index is -0.403. The van der Waals surface area contributed by atoms with E-state index in [1.54, 1.807) is 24.3 Å². The molecule has 1 fully saturated rings. The van der Waals surface area contributed by atoms with Crippen LogP contribution in [0.2, 0.25) is 0 Å². The normalized spacial score (nSPS) is 15.8. The van der Waals surface area contributed by atoms with Gasteiger partial charge in [0.1, 0.15) is 11.3 Å². The molecule has 3 rings (SSSR count). The van der Waals surface area contributed by atoms with Gasteiger partial charge in [0, 0.05) is 43.7 Å². The van der Waals surface area contributed by atoms with Crippen LogP contribution in [0.15, 0.2) is 39.5 Å². The molecular weight excluding hydrogens is 296 g/mol. The highest BCUT2D eigenvalue weighted by atomic mass is 16.5. The molecule has 0 N–H and O–H groups in total. The number of hydrogen-bond donors (Lipinski definition) is 0. The first-order valence-corrected chi connectivity index (χ1v) is 7.82. The van der Waals surface area contributed by atoms with Gasteiger partial charge in [-0.2, -0.15) is 0 Å². The van der Waals surface area contributed by atoms with E-state index in [0.717, 1.165) is 38.1 Å². The molecule has 0 atom stereocenters. The fraction of sp³-hybridized carbons (Fsp3) is 0.412. The molecule has 23 heavy (non-hydrogen) atoms. The highest BCUT2D eigenvalue weighted by Crippen LogP contribution is 2.19. The van der Waals surface area contributed by atoms with Gasteiger partial charge in [0.2, 0.25) is 0 Å². The molecule has 1 aromatic heterocycles. The Morgan fingerprint density at radius 3 is 2.65 bits per heavy atom. The van der Waals surface area contributed by atoms with Crippen molar-refractivity contribution in [1.29, 1.82) is 0 Å². The second-order valence-corrected chi connectivity index (χ2v) is 5.56. The van der Waals surface area contributed by atoms with Gasteiger partial charge < -0.3 is 19.0 Å². The SMILES string of the molecule is CCN1CCN(C(=O)COc2ccc3ccc(=O)oc3c2)CC1. The van der Waals surface area contributed by atoms with Crippen molar-refractivity contribution in [1.82, 2.24) is 9.80 Å². The summed E-state index contributed by atoms with van der Waals surface area (Å²) in [6.07, 6.45) is 0. The van der Waals surface area contributed by atoms with Crippen LogP contribution in [-0.2, 0) is 4.79 Å². The number of carbonyl (C=O) groups is 1. The lowest BCUT2D eigenvalue weighted by Gasteiger charge is -2.33. The lowest BCUT2D eigenvalue weighted by atomic mass is 10.2. The van der Waals surface area contributed by atoms with Gasteiger partial charge in [-0.1, -0.05) is 6.92 Å². The average molecular weight is 316 g/mol. The lowest BCUT2D eigenvalue weighted by Crippen LogP contribution is -2.49. The van der Waals surface area contributed by atoms with Crippen molar-refractivity contribution in [3.8, 4) is 5.75 Å². The van der Waals surface area contributed by atoms with Crippen molar-refractivity contribution >= 4 is 16.9 Å². The van der Waals surface area contributed by atoms with E-state index in [1.807, 2.05) is 4.90 Å². The summed E-state index contributed by atoms with van der Waals surface area (Å²) >= 11 is 0. The molecule has 0 aliphatic carbocycles. The fourth-order valence-electron chi connectivity index (χ4n) is 2.68. The molecule has 1 aliphatic heterocycles. The number of fused-ring (bicyclic) bond motifs is 1. The first-order valence-electron chi connectivity index (χ1n) is 7.82. The third-order valence-electron chi connectivity index (χ3n) is 4.13. The number of ether oxygens (including phenoxy) is 1. The predicted molar refractivity (Wildman–Crippen MR) is 86.7 cm³/mol. The van der Waals surface area contributed by atoms with Crippen molar-refractivity contribution in [2.75, 3.05) is 39.3 Å². The second-order valence-electron chi connectivity index (χ2n) is 5.56. The minimum absolute atomic E-state index is 0.00526. The zero-order chi connectivity index (χ0) is 16.2. The van der Waals surface area contributed by atoms with Crippen LogP contribution in [0, 0.1) is 0 Å². The van der Waals surface area contributed by atoms with E-state index in [1.165, 1.54) is 6.07 Å². The van der Waals surface area contributed by atoms with Gasteiger partial charge in [0.05, 0.1) is 0 Å². The van der Waals surface area contributed by atoms with Crippen molar-refractivity contribution < 1.29 is 13.9 Å². The number of hydrogen-bond acceptors (Lipinski definition) is 5. The van der Waals surface area contributed by atoms with Gasteiger partial charge in [0.25, 0.3) is 5.91 Å². The summed E-state index contributed by atoms with van der Waals surface area (Å²) in [4.78, 5) is 27.6. The zero-order valence-corrected chi connectivity index (χ0v) is 13.2. The van der Waals surface area contributed by atoms with Crippen LogP contribution < -0.4 is 10.4 Å². The van der Waals surface area contributed by atoms with Gasteiger partial charge >= 0.3 is 5.63 Å². The van der Waals surface area contributed by atoms with Gasteiger partial charge in [0.15, 0.2) is 6.61 Å². The highest BCUT2D eigenvalue weighted by molar-refractivity contribution is 5.79. The number of likely N-dealkylation sites (N-methyl/N-ethyl adjacent to an activating group) is 1. The molecule has 0 unspecified atom stereocenters. The Morgan fingerprint density at radius 1 is 1.17 bits per heavy atom. The van der Waals surface area contributed by atoms with Gasteiger partial charge in [-0.25, -0.2) is 4.79 Å². The zero-order valence-electron chi connectivity index (χ0n) is 13.2. The topological polar surface area (TPSA) is 63.0 Å². The average Bonchev–Trinajstić information content (AvgIpc) is 2.59. The van der Waals surface area contributed by atoms with Crippen LogP contribution >= 0.6 is 0 Å². The third-order valence-corrected chi connectivity index (χ3v) is 4.13. The van der Waals surface area contributed by atoms with Crippen molar-refractivity contribution in [2.24, 2.45) is 0 Å². The third kappa shape index (κ3) is 3.71. The summed E-state index contributed by atoms with van der Waals surface area (Å²) in [5, 5.41) is 0.818. The Labute approximate surface area is 134 Å². The van der Waals surface area contributed by atoms with Crippen molar-refractivity contribution in [3.63, 3.8) is 0 Å². The van der Waals surface area contributed by atoms with Gasteiger partial charge in [-0.05, 0) is 24.7 Å². The fourth-order valence-corrected chi connectivity index (χ4v) is 2.68. The van der Waals surface area contributed by atoms with Crippen LogP contribution in [0.3, 0.4) is 0 Å². The number of amides is 1. The molecule has 6 nitrogen and oxygen atoms in total. The Hall–Kier alpha value is -2.34. The summed E-state index contributed by atoms with van der Waals surface area (Å²) in [5.41, 5.74) is 0.0542. The molecule has 0 saturated carbocycles. The van der Waals surface area contributed by atoms with Crippen LogP contribution in [0.4, 0.5) is 0 Å². The Bertz CT molecular complexity index is 748. The first kappa shape index (κ1) is 15.6. The van der Waals surface area contributed by atoms with E-state index in [9.17, 15) is 9.59 Å². The molecule has 1 amide bonds. The van der Waals surface area contributed by atoms with Crippen LogP contribution in [0.25, 0.3) is 11.0 Å². The van der Waals surface area contributed by atoms with Gasteiger partial charge in [-0.3, -0.25) is 4.79 Å². The van der Waals surface area contributed by atoms with E-state index in [0.29, 0.717) is 11.3 Å². The predicted octanol–water partition coefficient (Wildman–Crippen LogP) is 1.34. The van der Waals surface area contributed by atoms with E-state index in [4.69, 9.17) is 9.15 Å². The molecule has 1 aromatic carbocycles. The second kappa shape index (κ2) is 6.83. The molecule has 0 spiro atoms. The maximum atomic E-state index is 12.2. The molecular formula is C17H20N2O4. The summed E-state index contributed by atoms with van der Waals surface area (Å²) in [5.74, 6) is 0.503. The maximum absolute atomic E-state index is 12.2. The summed E-state index contributed by atoms with van der Waals surface area (Å²) in [6.45, 7) is 6.42. The Morgan fingerprint density at radius 2 is 1.91 bits per heavy atom. The van der Waals surface area contributed by atoms with E-state index >= 15 is 0 Å². The van der Waals surface area contributed by atoms with E-state index in [2.05, 4.69) is 11.8 Å². The smallest absolute Gasteiger partial charge is 0.336 e. The Balaban J connectivity index is 1.59. The molecule has 1 saturated heterocycles. The van der Waals surface area contributed by atoms with Crippen LogP contribution in [0.5, 0.6) is 5.75 Å². The molecule has 0 bridgehead atoms. The minimum Gasteiger partial charge on any atom is -0.484 e. The molecule has 1 aliphatic rings. The molecule has 2 heterocycles. The molecule has 2 aromatic rings. The number of piperazine rings is 1. The summed E-state index contributed by atoms with van der Waals surface area (Å²) in [7, 11) is 0. The van der Waals surface area contributed by atoms with Gasteiger partial charge in [-0.15, -0.1) is 0 Å². The van der Waals surface area contributed by atoms with E-state index in [-0.39, 0.29) is 12.5 Å². The number of benzene rings is 1. The number of carbonyl (C=O) groups excluding carboxylic acids is 1. The quantitative estimate of drug-likeness (QED) is 0.797. The number of rotatable bonds is 4. The molecule has 6 heteroatoms. The van der Waals surface area contributed by atoms with Crippen LogP contribution in [-0.4, -0.2) is 55.0 Å².